The molecule has 4 aromatic rings. The molecule has 0 saturated carbocycles. The Morgan fingerprint density at radius 3 is 2.35 bits per heavy atom. The third-order valence-corrected chi connectivity index (χ3v) is 5.68. The van der Waals surface area contributed by atoms with Crippen molar-refractivity contribution in [3.63, 3.8) is 0 Å². The molecule has 1 saturated heterocycles. The van der Waals surface area contributed by atoms with Crippen molar-refractivity contribution in [2.45, 2.75) is 13.8 Å². The average molecular weight is 407 g/mol. The molecular formula is C26H21N3O2. The number of aromatic nitrogens is 1. The molecule has 0 spiro atoms. The summed E-state index contributed by atoms with van der Waals surface area (Å²) in [6, 6.07) is 25.6. The number of hydrazine groups is 1. The van der Waals surface area contributed by atoms with E-state index in [-0.39, 0.29) is 11.5 Å². The van der Waals surface area contributed by atoms with E-state index in [4.69, 9.17) is 0 Å². The Balaban J connectivity index is 1.58. The highest BCUT2D eigenvalue weighted by atomic mass is 16.2. The van der Waals surface area contributed by atoms with Crippen LogP contribution in [0.5, 0.6) is 0 Å². The summed E-state index contributed by atoms with van der Waals surface area (Å²) in [5.41, 5.74) is 7.34. The Kier molecular flexibility index (Phi) is 4.44. The second kappa shape index (κ2) is 7.29. The number of hydrogen-bond donors (Lipinski definition) is 1. The topological polar surface area (TPSA) is 54.3 Å². The zero-order valence-corrected chi connectivity index (χ0v) is 17.3. The number of rotatable bonds is 3. The van der Waals surface area contributed by atoms with E-state index in [0.717, 1.165) is 33.4 Å². The second-order valence-electron chi connectivity index (χ2n) is 7.64. The van der Waals surface area contributed by atoms with Crippen molar-refractivity contribution in [2.75, 3.05) is 5.01 Å². The molecule has 1 aliphatic heterocycles. The standard InChI is InChI=1S/C26H21N3O2/c1-17-15-20(16-23-25(30)27-29(26(23)31)21-11-4-3-5-12-21)18(2)28(17)24-14-8-10-19-9-6-7-13-22(19)24/h3-16H,1-2H3,(H,27,30). The highest BCUT2D eigenvalue weighted by Crippen LogP contribution is 2.29. The maximum absolute atomic E-state index is 12.9. The SMILES string of the molecule is Cc1cc(C=C2C(=O)NN(c3ccccc3)C2=O)c(C)n1-c1cccc2ccccc12. The molecule has 0 atom stereocenters. The molecule has 0 radical (unpaired) electrons. The van der Waals surface area contributed by atoms with Gasteiger partial charge in [-0.2, -0.15) is 0 Å². The minimum Gasteiger partial charge on any atom is -0.317 e. The smallest absolute Gasteiger partial charge is 0.282 e. The van der Waals surface area contributed by atoms with Crippen molar-refractivity contribution >= 4 is 34.4 Å². The number of nitrogens with one attached hydrogen (secondary N) is 1. The third-order valence-electron chi connectivity index (χ3n) is 5.68. The Bertz CT molecular complexity index is 1360. The van der Waals surface area contributed by atoms with Crippen LogP contribution in [0.1, 0.15) is 17.0 Å². The summed E-state index contributed by atoms with van der Waals surface area (Å²) in [7, 11) is 0. The van der Waals surface area contributed by atoms with Gasteiger partial charge in [0.2, 0.25) is 0 Å². The maximum Gasteiger partial charge on any atom is 0.282 e. The van der Waals surface area contributed by atoms with Crippen molar-refractivity contribution < 1.29 is 9.59 Å². The number of benzene rings is 3. The van der Waals surface area contributed by atoms with E-state index >= 15 is 0 Å². The van der Waals surface area contributed by atoms with Crippen molar-refractivity contribution in [1.29, 1.82) is 0 Å². The minimum atomic E-state index is -0.399. The predicted octanol–water partition coefficient (Wildman–Crippen LogP) is 4.71. The van der Waals surface area contributed by atoms with Gasteiger partial charge in [-0.15, -0.1) is 0 Å². The number of aryl methyl sites for hydroxylation is 1. The molecule has 2 amide bonds. The highest BCUT2D eigenvalue weighted by molar-refractivity contribution is 6.31. The molecule has 0 bridgehead atoms. The van der Waals surface area contributed by atoms with E-state index in [0.29, 0.717) is 5.69 Å². The third kappa shape index (κ3) is 3.11. The lowest BCUT2D eigenvalue weighted by Gasteiger charge is -2.14. The molecule has 5 rings (SSSR count). The van der Waals surface area contributed by atoms with Gasteiger partial charge in [0.1, 0.15) is 5.57 Å². The van der Waals surface area contributed by atoms with Crippen molar-refractivity contribution in [3.8, 4) is 5.69 Å². The first kappa shape index (κ1) is 18.9. The van der Waals surface area contributed by atoms with Gasteiger partial charge in [-0.05, 0) is 55.1 Å². The van der Waals surface area contributed by atoms with E-state index in [1.807, 2.05) is 56.3 Å². The first-order valence-electron chi connectivity index (χ1n) is 10.1. The molecule has 152 valence electrons. The lowest BCUT2D eigenvalue weighted by molar-refractivity contribution is -0.117. The molecule has 31 heavy (non-hydrogen) atoms. The first-order chi connectivity index (χ1) is 15.0. The predicted molar refractivity (Wildman–Crippen MR) is 123 cm³/mol. The zero-order valence-electron chi connectivity index (χ0n) is 17.3. The molecule has 1 N–H and O–H groups in total. The summed E-state index contributed by atoms with van der Waals surface area (Å²) in [5.74, 6) is -0.755. The summed E-state index contributed by atoms with van der Waals surface area (Å²) < 4.78 is 2.17. The lowest BCUT2D eigenvalue weighted by Crippen LogP contribution is -2.35. The van der Waals surface area contributed by atoms with Crippen LogP contribution in [0.15, 0.2) is 84.4 Å². The number of amides is 2. The zero-order chi connectivity index (χ0) is 21.5. The molecule has 1 aromatic heterocycles. The van der Waals surface area contributed by atoms with E-state index in [1.54, 1.807) is 18.2 Å². The first-order valence-corrected chi connectivity index (χ1v) is 10.1. The summed E-state index contributed by atoms with van der Waals surface area (Å²) in [4.78, 5) is 25.5. The average Bonchev–Trinajstić information content (AvgIpc) is 3.23. The van der Waals surface area contributed by atoms with Gasteiger partial charge in [0, 0.05) is 16.8 Å². The number of anilines is 1. The normalized spacial score (nSPS) is 15.2. The van der Waals surface area contributed by atoms with Gasteiger partial charge in [0.15, 0.2) is 0 Å². The molecular weight excluding hydrogens is 386 g/mol. The van der Waals surface area contributed by atoms with Crippen LogP contribution in [-0.2, 0) is 9.59 Å². The molecule has 2 heterocycles. The fourth-order valence-electron chi connectivity index (χ4n) is 4.18. The van der Waals surface area contributed by atoms with Crippen molar-refractivity contribution in [3.05, 3.63) is 101 Å². The van der Waals surface area contributed by atoms with E-state index in [2.05, 4.69) is 34.3 Å². The van der Waals surface area contributed by atoms with Gasteiger partial charge < -0.3 is 4.57 Å². The molecule has 0 unspecified atom stereocenters. The summed E-state index contributed by atoms with van der Waals surface area (Å²) in [6.07, 6.45) is 1.69. The van der Waals surface area contributed by atoms with E-state index in [1.165, 1.54) is 5.01 Å². The number of carbonyl (C=O) groups excluding carboxylic acids is 2. The number of hydrogen-bond acceptors (Lipinski definition) is 2. The summed E-state index contributed by atoms with van der Waals surface area (Å²) >= 11 is 0. The van der Waals surface area contributed by atoms with E-state index < -0.39 is 5.91 Å². The number of carbonyl (C=O) groups is 2. The molecule has 5 nitrogen and oxygen atoms in total. The highest BCUT2D eigenvalue weighted by Gasteiger charge is 2.34. The number of para-hydroxylation sites is 1. The Morgan fingerprint density at radius 2 is 1.55 bits per heavy atom. The Labute approximate surface area is 180 Å². The van der Waals surface area contributed by atoms with Crippen LogP contribution in [-0.4, -0.2) is 16.4 Å². The van der Waals surface area contributed by atoms with Crippen LogP contribution in [0, 0.1) is 13.8 Å². The van der Waals surface area contributed by atoms with Crippen LogP contribution in [0.4, 0.5) is 5.69 Å². The van der Waals surface area contributed by atoms with Crippen molar-refractivity contribution in [1.82, 2.24) is 9.99 Å². The van der Waals surface area contributed by atoms with Crippen LogP contribution in [0.3, 0.4) is 0 Å². The number of fused-ring (bicyclic) bond motifs is 1. The Morgan fingerprint density at radius 1 is 0.839 bits per heavy atom. The van der Waals surface area contributed by atoms with Gasteiger partial charge in [-0.25, -0.2) is 5.01 Å². The summed E-state index contributed by atoms with van der Waals surface area (Å²) in [6.45, 7) is 4.04. The largest absolute Gasteiger partial charge is 0.317 e. The van der Waals surface area contributed by atoms with Crippen LogP contribution >= 0.6 is 0 Å². The van der Waals surface area contributed by atoms with E-state index in [9.17, 15) is 9.59 Å². The van der Waals surface area contributed by atoms with Gasteiger partial charge in [0.05, 0.1) is 11.4 Å². The van der Waals surface area contributed by atoms with Gasteiger partial charge in [0.25, 0.3) is 11.8 Å². The quantitative estimate of drug-likeness (QED) is 0.395. The van der Waals surface area contributed by atoms with Crippen LogP contribution in [0.25, 0.3) is 22.5 Å². The molecule has 3 aromatic carbocycles. The van der Waals surface area contributed by atoms with Gasteiger partial charge >= 0.3 is 0 Å². The fraction of sp³-hybridized carbons (Fsp3) is 0.0769. The molecule has 1 aliphatic rings. The van der Waals surface area contributed by atoms with Gasteiger partial charge in [-0.1, -0.05) is 54.6 Å². The minimum absolute atomic E-state index is 0.127. The monoisotopic (exact) mass is 407 g/mol. The van der Waals surface area contributed by atoms with Crippen LogP contribution < -0.4 is 10.4 Å². The number of nitrogens with zero attached hydrogens (tertiary/aromatic N) is 2. The second-order valence-corrected chi connectivity index (χ2v) is 7.64. The maximum atomic E-state index is 12.9. The molecule has 1 fully saturated rings. The lowest BCUT2D eigenvalue weighted by atomic mass is 10.1. The Hall–Kier alpha value is -4.12. The van der Waals surface area contributed by atoms with Crippen molar-refractivity contribution in [2.24, 2.45) is 0 Å². The molecule has 5 heteroatoms. The summed E-state index contributed by atoms with van der Waals surface area (Å²) in [5, 5.41) is 3.60. The van der Waals surface area contributed by atoms with Crippen LogP contribution in [0.2, 0.25) is 0 Å². The molecule has 0 aliphatic carbocycles. The van der Waals surface area contributed by atoms with Gasteiger partial charge in [-0.3, -0.25) is 15.0 Å². The fourth-order valence-corrected chi connectivity index (χ4v) is 4.18.